The molecule has 1 aliphatic rings. The Hall–Kier alpha value is -3.35. The van der Waals surface area contributed by atoms with E-state index in [-0.39, 0.29) is 18.4 Å². The van der Waals surface area contributed by atoms with Gasteiger partial charge in [0.2, 0.25) is 5.91 Å². The van der Waals surface area contributed by atoms with Crippen molar-refractivity contribution in [2.24, 2.45) is 0 Å². The molecular weight excluding hydrogens is 358 g/mol. The highest BCUT2D eigenvalue weighted by Gasteiger charge is 2.47. The standard InChI is InChI=1S/C21H23N3O4/c1-14(2)23-18(13-19(25)22-15-7-5-4-6-8-15)20(26)24(21(23)27)16-9-11-17(28-3)12-10-16/h4-12,14,18H,13H2,1-3H3,(H,22,25). The Morgan fingerprint density at radius 2 is 1.71 bits per heavy atom. The van der Waals surface area contributed by atoms with Crippen LogP contribution in [0.1, 0.15) is 20.3 Å². The molecule has 28 heavy (non-hydrogen) atoms. The molecule has 1 saturated heterocycles. The number of benzene rings is 2. The van der Waals surface area contributed by atoms with Crippen LogP contribution in [-0.4, -0.2) is 41.9 Å². The molecule has 2 aromatic rings. The third kappa shape index (κ3) is 3.83. The molecule has 1 unspecified atom stereocenters. The fourth-order valence-electron chi connectivity index (χ4n) is 3.26. The van der Waals surface area contributed by atoms with Crippen LogP contribution in [0.3, 0.4) is 0 Å². The Kier molecular flexibility index (Phi) is 5.63. The minimum atomic E-state index is -0.849. The van der Waals surface area contributed by atoms with E-state index in [1.165, 1.54) is 4.90 Å². The number of para-hydroxylation sites is 1. The van der Waals surface area contributed by atoms with Gasteiger partial charge in [-0.15, -0.1) is 0 Å². The van der Waals surface area contributed by atoms with Crippen LogP contribution >= 0.6 is 0 Å². The summed E-state index contributed by atoms with van der Waals surface area (Å²) in [6.07, 6.45) is -0.107. The van der Waals surface area contributed by atoms with Crippen molar-refractivity contribution in [2.75, 3.05) is 17.3 Å². The van der Waals surface area contributed by atoms with Gasteiger partial charge in [-0.3, -0.25) is 9.59 Å². The fourth-order valence-corrected chi connectivity index (χ4v) is 3.26. The van der Waals surface area contributed by atoms with Gasteiger partial charge in [-0.05, 0) is 50.2 Å². The zero-order valence-electron chi connectivity index (χ0n) is 16.1. The van der Waals surface area contributed by atoms with Crippen molar-refractivity contribution in [3.05, 3.63) is 54.6 Å². The lowest BCUT2D eigenvalue weighted by molar-refractivity contribution is -0.124. The Balaban J connectivity index is 1.81. The summed E-state index contributed by atoms with van der Waals surface area (Å²) in [6.45, 7) is 3.65. The summed E-state index contributed by atoms with van der Waals surface area (Å²) in [4.78, 5) is 41.0. The zero-order valence-corrected chi connectivity index (χ0v) is 16.1. The van der Waals surface area contributed by atoms with Crippen molar-refractivity contribution in [3.63, 3.8) is 0 Å². The molecule has 1 fully saturated rings. The average molecular weight is 381 g/mol. The summed E-state index contributed by atoms with van der Waals surface area (Å²) in [5.41, 5.74) is 1.10. The predicted octanol–water partition coefficient (Wildman–Crippen LogP) is 3.27. The molecular formula is C21H23N3O4. The third-order valence-electron chi connectivity index (χ3n) is 4.58. The lowest BCUT2D eigenvalue weighted by atomic mass is 10.1. The molecule has 1 heterocycles. The number of anilines is 2. The molecule has 0 aliphatic carbocycles. The highest BCUT2D eigenvalue weighted by Crippen LogP contribution is 2.29. The number of ether oxygens (including phenoxy) is 1. The molecule has 0 spiro atoms. The Bertz CT molecular complexity index is 865. The molecule has 0 radical (unpaired) electrons. The lowest BCUT2D eigenvalue weighted by Gasteiger charge is -2.25. The molecule has 3 rings (SSSR count). The van der Waals surface area contributed by atoms with Gasteiger partial charge < -0.3 is 15.0 Å². The molecule has 1 atom stereocenters. The summed E-state index contributed by atoms with van der Waals surface area (Å²) in [6, 6.07) is 14.2. The number of methoxy groups -OCH3 is 1. The van der Waals surface area contributed by atoms with Gasteiger partial charge in [0.05, 0.1) is 19.2 Å². The Morgan fingerprint density at radius 1 is 1.07 bits per heavy atom. The number of nitrogens with one attached hydrogen (secondary N) is 1. The first-order valence-electron chi connectivity index (χ1n) is 9.07. The van der Waals surface area contributed by atoms with Crippen molar-refractivity contribution in [2.45, 2.75) is 32.4 Å². The summed E-state index contributed by atoms with van der Waals surface area (Å²) >= 11 is 0. The first kappa shape index (κ1) is 19.4. The number of hydrogen-bond acceptors (Lipinski definition) is 4. The van der Waals surface area contributed by atoms with Gasteiger partial charge >= 0.3 is 6.03 Å². The number of carbonyl (C=O) groups excluding carboxylic acids is 3. The second-order valence-corrected chi connectivity index (χ2v) is 6.79. The minimum absolute atomic E-state index is 0.107. The molecule has 1 aliphatic heterocycles. The van der Waals surface area contributed by atoms with Crippen LogP contribution in [-0.2, 0) is 9.59 Å². The number of carbonyl (C=O) groups is 3. The fraction of sp³-hybridized carbons (Fsp3) is 0.286. The van der Waals surface area contributed by atoms with E-state index in [0.29, 0.717) is 17.1 Å². The molecule has 7 nitrogen and oxygen atoms in total. The molecule has 7 heteroatoms. The number of urea groups is 1. The van der Waals surface area contributed by atoms with Crippen molar-refractivity contribution < 1.29 is 19.1 Å². The number of hydrogen-bond donors (Lipinski definition) is 1. The molecule has 0 aromatic heterocycles. The van der Waals surface area contributed by atoms with Crippen molar-refractivity contribution >= 4 is 29.2 Å². The summed E-state index contributed by atoms with van der Waals surface area (Å²) in [5.74, 6) is -0.103. The normalized spacial score (nSPS) is 16.6. The molecule has 1 N–H and O–H groups in total. The highest BCUT2D eigenvalue weighted by atomic mass is 16.5. The number of nitrogens with zero attached hydrogens (tertiary/aromatic N) is 2. The smallest absolute Gasteiger partial charge is 0.332 e. The SMILES string of the molecule is COc1ccc(N2C(=O)C(CC(=O)Nc3ccccc3)N(C(C)C)C2=O)cc1. The number of imide groups is 1. The topological polar surface area (TPSA) is 79.0 Å². The first-order chi connectivity index (χ1) is 13.4. The maximum atomic E-state index is 13.0. The number of rotatable bonds is 6. The zero-order chi connectivity index (χ0) is 20.3. The van der Waals surface area contributed by atoms with Crippen molar-refractivity contribution in [1.82, 2.24) is 4.90 Å². The van der Waals surface area contributed by atoms with E-state index in [2.05, 4.69) is 5.32 Å². The van der Waals surface area contributed by atoms with Gasteiger partial charge in [0.15, 0.2) is 0 Å². The maximum absolute atomic E-state index is 13.0. The molecule has 0 bridgehead atoms. The van der Waals surface area contributed by atoms with Gasteiger partial charge in [-0.1, -0.05) is 18.2 Å². The maximum Gasteiger partial charge on any atom is 0.332 e. The van der Waals surface area contributed by atoms with Crippen LogP contribution in [0.25, 0.3) is 0 Å². The summed E-state index contributed by atoms with van der Waals surface area (Å²) in [5, 5.41) is 2.77. The van der Waals surface area contributed by atoms with Gasteiger partial charge in [-0.25, -0.2) is 9.69 Å². The van der Waals surface area contributed by atoms with Crippen molar-refractivity contribution in [1.29, 1.82) is 0 Å². The second-order valence-electron chi connectivity index (χ2n) is 6.79. The summed E-state index contributed by atoms with van der Waals surface area (Å²) in [7, 11) is 1.54. The second kappa shape index (κ2) is 8.12. The first-order valence-corrected chi connectivity index (χ1v) is 9.07. The number of amides is 4. The van der Waals surface area contributed by atoms with Crippen LogP contribution in [0, 0.1) is 0 Å². The Morgan fingerprint density at radius 3 is 2.29 bits per heavy atom. The van der Waals surface area contributed by atoms with Gasteiger partial charge in [0.25, 0.3) is 5.91 Å². The van der Waals surface area contributed by atoms with Crippen LogP contribution in [0.5, 0.6) is 5.75 Å². The minimum Gasteiger partial charge on any atom is -0.497 e. The van der Waals surface area contributed by atoms with Crippen molar-refractivity contribution in [3.8, 4) is 5.75 Å². The van der Waals surface area contributed by atoms with E-state index in [4.69, 9.17) is 4.74 Å². The van der Waals surface area contributed by atoms with Gasteiger partial charge in [-0.2, -0.15) is 0 Å². The van der Waals surface area contributed by atoms with E-state index < -0.39 is 18.0 Å². The summed E-state index contributed by atoms with van der Waals surface area (Å²) < 4.78 is 5.12. The van der Waals surface area contributed by atoms with Gasteiger partial charge in [0, 0.05) is 11.7 Å². The molecule has 0 saturated carbocycles. The van der Waals surface area contributed by atoms with Crippen LogP contribution in [0.15, 0.2) is 54.6 Å². The van der Waals surface area contributed by atoms with E-state index >= 15 is 0 Å². The highest BCUT2D eigenvalue weighted by molar-refractivity contribution is 6.22. The lowest BCUT2D eigenvalue weighted by Crippen LogP contribution is -2.42. The van der Waals surface area contributed by atoms with E-state index in [1.807, 2.05) is 32.0 Å². The average Bonchev–Trinajstić information content (AvgIpc) is 2.92. The molecule has 4 amide bonds. The molecule has 146 valence electrons. The van der Waals surface area contributed by atoms with Gasteiger partial charge in [0.1, 0.15) is 11.8 Å². The van der Waals surface area contributed by atoms with Crippen LogP contribution in [0.2, 0.25) is 0 Å². The Labute approximate surface area is 163 Å². The van der Waals surface area contributed by atoms with Crippen LogP contribution < -0.4 is 15.0 Å². The quantitative estimate of drug-likeness (QED) is 0.779. The molecule has 2 aromatic carbocycles. The van der Waals surface area contributed by atoms with E-state index in [9.17, 15) is 14.4 Å². The van der Waals surface area contributed by atoms with E-state index in [0.717, 1.165) is 4.90 Å². The predicted molar refractivity (Wildman–Crippen MR) is 106 cm³/mol. The third-order valence-corrected chi connectivity index (χ3v) is 4.58. The monoisotopic (exact) mass is 381 g/mol. The largest absolute Gasteiger partial charge is 0.497 e. The van der Waals surface area contributed by atoms with E-state index in [1.54, 1.807) is 43.5 Å². The van der Waals surface area contributed by atoms with Crippen LogP contribution in [0.4, 0.5) is 16.2 Å².